The molecule has 0 aliphatic carbocycles. The van der Waals surface area contributed by atoms with Crippen LogP contribution in [0.2, 0.25) is 5.02 Å². The van der Waals surface area contributed by atoms with Crippen molar-refractivity contribution in [2.45, 2.75) is 26.9 Å². The molecule has 0 radical (unpaired) electrons. The summed E-state index contributed by atoms with van der Waals surface area (Å²) < 4.78 is 5.74. The SMILES string of the molecule is Cc1ccc(NC(=O)CC(=O)NN=Cc2ccc(OCc3ccc(Cl)cc3)cc2)c(C)c1. The third-order valence-electron chi connectivity index (χ3n) is 4.58. The number of hydrazone groups is 1. The number of aryl methyl sites for hydroxylation is 2. The number of rotatable bonds is 8. The fourth-order valence-corrected chi connectivity index (χ4v) is 3.04. The molecule has 0 aliphatic rings. The Kier molecular flexibility index (Phi) is 8.00. The first kappa shape index (κ1) is 23.0. The van der Waals surface area contributed by atoms with Crippen LogP contribution in [0.3, 0.4) is 0 Å². The van der Waals surface area contributed by atoms with Crippen LogP contribution in [0.25, 0.3) is 0 Å². The zero-order chi connectivity index (χ0) is 22.9. The summed E-state index contributed by atoms with van der Waals surface area (Å²) in [5.74, 6) is -0.178. The van der Waals surface area contributed by atoms with Crippen LogP contribution in [0.1, 0.15) is 28.7 Å². The molecule has 0 aromatic heterocycles. The quantitative estimate of drug-likeness (QED) is 0.288. The van der Waals surface area contributed by atoms with E-state index >= 15 is 0 Å². The summed E-state index contributed by atoms with van der Waals surface area (Å²) in [6, 6.07) is 20.4. The lowest BCUT2D eigenvalue weighted by molar-refractivity contribution is -0.126. The molecule has 2 N–H and O–H groups in total. The number of hydrogen-bond acceptors (Lipinski definition) is 4. The maximum absolute atomic E-state index is 12.1. The molecule has 3 aromatic carbocycles. The second-order valence-corrected chi connectivity index (χ2v) is 7.76. The molecule has 0 unspecified atom stereocenters. The molecular weight excluding hydrogens is 426 g/mol. The van der Waals surface area contributed by atoms with E-state index in [2.05, 4.69) is 15.8 Å². The summed E-state index contributed by atoms with van der Waals surface area (Å²) >= 11 is 5.88. The van der Waals surface area contributed by atoms with E-state index in [0.717, 1.165) is 22.3 Å². The lowest BCUT2D eigenvalue weighted by Gasteiger charge is -2.08. The Morgan fingerprint density at radius 3 is 2.38 bits per heavy atom. The number of amides is 2. The van der Waals surface area contributed by atoms with Gasteiger partial charge < -0.3 is 10.1 Å². The standard InChI is InChI=1S/C25H24ClN3O3/c1-17-3-12-23(18(2)13-17)28-24(30)14-25(31)29-27-15-19-6-10-22(11-7-19)32-16-20-4-8-21(26)9-5-20/h3-13,15H,14,16H2,1-2H3,(H,28,30)(H,29,31). The third kappa shape index (κ3) is 7.25. The van der Waals surface area contributed by atoms with E-state index in [0.29, 0.717) is 23.1 Å². The van der Waals surface area contributed by atoms with E-state index in [1.807, 2.05) is 80.6 Å². The van der Waals surface area contributed by atoms with Crippen LogP contribution in [-0.2, 0) is 16.2 Å². The molecule has 164 valence electrons. The van der Waals surface area contributed by atoms with Gasteiger partial charge in [-0.2, -0.15) is 5.10 Å². The summed E-state index contributed by atoms with van der Waals surface area (Å²) in [7, 11) is 0. The highest BCUT2D eigenvalue weighted by Crippen LogP contribution is 2.17. The number of anilines is 1. The molecule has 6 nitrogen and oxygen atoms in total. The zero-order valence-corrected chi connectivity index (χ0v) is 18.6. The summed E-state index contributed by atoms with van der Waals surface area (Å²) in [6.45, 7) is 4.32. The van der Waals surface area contributed by atoms with Crippen LogP contribution in [0, 0.1) is 13.8 Å². The molecule has 7 heteroatoms. The molecule has 0 heterocycles. The van der Waals surface area contributed by atoms with Crippen molar-refractivity contribution in [3.63, 3.8) is 0 Å². The monoisotopic (exact) mass is 449 g/mol. The second kappa shape index (κ2) is 11.1. The molecular formula is C25H24ClN3O3. The van der Waals surface area contributed by atoms with E-state index < -0.39 is 11.8 Å². The first-order valence-electron chi connectivity index (χ1n) is 10.1. The number of carbonyl (C=O) groups is 2. The van der Waals surface area contributed by atoms with Crippen molar-refractivity contribution in [2.75, 3.05) is 5.32 Å². The van der Waals surface area contributed by atoms with Crippen molar-refractivity contribution in [1.29, 1.82) is 0 Å². The molecule has 0 atom stereocenters. The number of hydrogen-bond donors (Lipinski definition) is 2. The van der Waals surface area contributed by atoms with Crippen LogP contribution in [0.15, 0.2) is 71.8 Å². The van der Waals surface area contributed by atoms with Crippen molar-refractivity contribution in [1.82, 2.24) is 5.43 Å². The number of nitrogens with zero attached hydrogens (tertiary/aromatic N) is 1. The molecule has 0 bridgehead atoms. The van der Waals surface area contributed by atoms with Gasteiger partial charge in [-0.3, -0.25) is 9.59 Å². The van der Waals surface area contributed by atoms with Crippen LogP contribution in [0.4, 0.5) is 5.69 Å². The van der Waals surface area contributed by atoms with Crippen LogP contribution >= 0.6 is 11.6 Å². The van der Waals surface area contributed by atoms with Crippen molar-refractivity contribution < 1.29 is 14.3 Å². The first-order chi connectivity index (χ1) is 15.4. The van der Waals surface area contributed by atoms with Crippen LogP contribution in [-0.4, -0.2) is 18.0 Å². The topological polar surface area (TPSA) is 79.8 Å². The third-order valence-corrected chi connectivity index (χ3v) is 4.83. The van der Waals surface area contributed by atoms with Gasteiger partial charge in [0, 0.05) is 10.7 Å². The largest absolute Gasteiger partial charge is 0.489 e. The highest BCUT2D eigenvalue weighted by molar-refractivity contribution is 6.30. The molecule has 0 spiro atoms. The molecule has 0 saturated heterocycles. The lowest BCUT2D eigenvalue weighted by Crippen LogP contribution is -2.24. The average molecular weight is 450 g/mol. The Morgan fingerprint density at radius 1 is 0.969 bits per heavy atom. The van der Waals surface area contributed by atoms with Crippen molar-refractivity contribution >= 4 is 35.3 Å². The first-order valence-corrected chi connectivity index (χ1v) is 10.4. The van der Waals surface area contributed by atoms with Crippen molar-refractivity contribution in [3.8, 4) is 5.75 Å². The number of halogens is 1. The Morgan fingerprint density at radius 2 is 1.69 bits per heavy atom. The van der Waals surface area contributed by atoms with E-state index in [1.54, 1.807) is 0 Å². The minimum Gasteiger partial charge on any atom is -0.489 e. The lowest BCUT2D eigenvalue weighted by atomic mass is 10.1. The van der Waals surface area contributed by atoms with Gasteiger partial charge in [0.25, 0.3) is 0 Å². The number of benzene rings is 3. The maximum Gasteiger partial charge on any atom is 0.249 e. The van der Waals surface area contributed by atoms with Gasteiger partial charge >= 0.3 is 0 Å². The molecule has 0 aliphatic heterocycles. The Bertz CT molecular complexity index is 1110. The normalized spacial score (nSPS) is 10.7. The van der Waals surface area contributed by atoms with Gasteiger partial charge in [0.2, 0.25) is 11.8 Å². The second-order valence-electron chi connectivity index (χ2n) is 7.32. The Balaban J connectivity index is 1.43. The number of carbonyl (C=O) groups excluding carboxylic acids is 2. The van der Waals surface area contributed by atoms with E-state index in [9.17, 15) is 9.59 Å². The zero-order valence-electron chi connectivity index (χ0n) is 17.9. The minimum absolute atomic E-state index is 0.317. The Hall–Kier alpha value is -3.64. The van der Waals surface area contributed by atoms with Crippen LogP contribution in [0.5, 0.6) is 5.75 Å². The summed E-state index contributed by atoms with van der Waals surface area (Å²) in [6.07, 6.45) is 1.19. The predicted molar refractivity (Wildman–Crippen MR) is 127 cm³/mol. The Labute approximate surface area is 192 Å². The van der Waals surface area contributed by atoms with E-state index in [4.69, 9.17) is 16.3 Å². The highest BCUT2D eigenvalue weighted by atomic mass is 35.5. The predicted octanol–water partition coefficient (Wildman–Crippen LogP) is 5.01. The highest BCUT2D eigenvalue weighted by Gasteiger charge is 2.10. The van der Waals surface area contributed by atoms with Gasteiger partial charge in [-0.25, -0.2) is 5.43 Å². The molecule has 0 fully saturated rings. The van der Waals surface area contributed by atoms with Crippen molar-refractivity contribution in [3.05, 3.63) is 94.0 Å². The van der Waals surface area contributed by atoms with Gasteiger partial charge in [0.1, 0.15) is 18.8 Å². The van der Waals surface area contributed by atoms with Gasteiger partial charge in [-0.05, 0) is 73.0 Å². The van der Waals surface area contributed by atoms with E-state index in [1.165, 1.54) is 6.21 Å². The molecule has 32 heavy (non-hydrogen) atoms. The van der Waals surface area contributed by atoms with Gasteiger partial charge in [-0.15, -0.1) is 0 Å². The molecule has 3 rings (SSSR count). The summed E-state index contributed by atoms with van der Waals surface area (Å²) in [4.78, 5) is 24.0. The van der Waals surface area contributed by atoms with Crippen LogP contribution < -0.4 is 15.5 Å². The van der Waals surface area contributed by atoms with Gasteiger partial charge in [0.05, 0.1) is 6.21 Å². The smallest absolute Gasteiger partial charge is 0.249 e. The molecule has 3 aromatic rings. The maximum atomic E-state index is 12.1. The average Bonchev–Trinajstić information content (AvgIpc) is 2.76. The fourth-order valence-electron chi connectivity index (χ4n) is 2.91. The number of ether oxygens (including phenoxy) is 1. The number of nitrogens with one attached hydrogen (secondary N) is 2. The van der Waals surface area contributed by atoms with E-state index in [-0.39, 0.29) is 6.42 Å². The molecule has 0 saturated carbocycles. The van der Waals surface area contributed by atoms with Crippen molar-refractivity contribution in [2.24, 2.45) is 5.10 Å². The summed E-state index contributed by atoms with van der Waals surface area (Å²) in [5, 5.41) is 7.33. The van der Waals surface area contributed by atoms with Gasteiger partial charge in [0.15, 0.2) is 0 Å². The minimum atomic E-state index is -0.494. The fraction of sp³-hybridized carbons (Fsp3) is 0.160. The molecule has 2 amide bonds. The summed E-state index contributed by atoms with van der Waals surface area (Å²) in [5.41, 5.74) is 6.90. The van der Waals surface area contributed by atoms with Gasteiger partial charge in [-0.1, -0.05) is 41.4 Å².